The molecule has 5 heteroatoms. The van der Waals surface area contributed by atoms with Crippen LogP contribution in [-0.4, -0.2) is 28.3 Å². The first-order chi connectivity index (χ1) is 5.75. The molecule has 0 fully saturated rings. The number of H-pyrrole nitrogens is 1. The van der Waals surface area contributed by atoms with Crippen LogP contribution in [0.5, 0.6) is 0 Å². The van der Waals surface area contributed by atoms with Gasteiger partial charge in [-0.1, -0.05) is 0 Å². The fraction of sp³-hybridized carbons (Fsp3) is 0.286. The molecule has 0 amide bonds. The van der Waals surface area contributed by atoms with E-state index >= 15 is 0 Å². The first kappa shape index (κ1) is 8.45. The number of nitrogens with zero attached hydrogens (tertiary/aromatic N) is 1. The van der Waals surface area contributed by atoms with Gasteiger partial charge in [-0.3, -0.25) is 4.79 Å². The fourth-order valence-corrected chi connectivity index (χ4v) is 0.683. The number of esters is 1. The van der Waals surface area contributed by atoms with E-state index in [1.54, 1.807) is 6.92 Å². The summed E-state index contributed by atoms with van der Waals surface area (Å²) in [5.74, 6) is -1.62. The van der Waals surface area contributed by atoms with E-state index in [4.69, 9.17) is 0 Å². The van der Waals surface area contributed by atoms with Crippen LogP contribution in [0.4, 0.5) is 0 Å². The third kappa shape index (κ3) is 1.69. The SMILES string of the molecule is CCOC(=O)C(=O)c1ncc[nH]1. The predicted molar refractivity (Wildman–Crippen MR) is 39.6 cm³/mol. The number of hydrogen-bond acceptors (Lipinski definition) is 4. The van der Waals surface area contributed by atoms with E-state index in [0.29, 0.717) is 0 Å². The molecule has 0 aromatic carbocycles. The van der Waals surface area contributed by atoms with Crippen molar-refractivity contribution >= 4 is 11.8 Å². The zero-order valence-corrected chi connectivity index (χ0v) is 6.53. The molecule has 5 nitrogen and oxygen atoms in total. The van der Waals surface area contributed by atoms with Crippen LogP contribution in [0, 0.1) is 0 Å². The molecule has 0 bridgehead atoms. The topological polar surface area (TPSA) is 72.1 Å². The van der Waals surface area contributed by atoms with Crippen LogP contribution in [0.15, 0.2) is 12.4 Å². The van der Waals surface area contributed by atoms with Crippen LogP contribution in [0.2, 0.25) is 0 Å². The first-order valence-corrected chi connectivity index (χ1v) is 3.46. The Morgan fingerprint density at radius 1 is 1.67 bits per heavy atom. The number of rotatable bonds is 3. The maximum absolute atomic E-state index is 11.0. The summed E-state index contributed by atoms with van der Waals surface area (Å²) in [4.78, 5) is 28.0. The van der Waals surface area contributed by atoms with E-state index in [9.17, 15) is 9.59 Å². The van der Waals surface area contributed by atoms with Crippen LogP contribution in [0.3, 0.4) is 0 Å². The number of Topliss-reactive ketones (excluding diaryl/α,β-unsaturated/α-hetero) is 1. The molecule has 0 saturated carbocycles. The Morgan fingerprint density at radius 2 is 2.42 bits per heavy atom. The third-order valence-electron chi connectivity index (χ3n) is 1.17. The van der Waals surface area contributed by atoms with Gasteiger partial charge in [-0.2, -0.15) is 0 Å². The molecule has 1 N–H and O–H groups in total. The van der Waals surface area contributed by atoms with Gasteiger partial charge in [0.15, 0.2) is 5.82 Å². The van der Waals surface area contributed by atoms with Gasteiger partial charge in [0.2, 0.25) is 0 Å². The van der Waals surface area contributed by atoms with E-state index in [-0.39, 0.29) is 12.4 Å². The molecular weight excluding hydrogens is 160 g/mol. The van der Waals surface area contributed by atoms with Crippen molar-refractivity contribution in [1.29, 1.82) is 0 Å². The van der Waals surface area contributed by atoms with Crippen LogP contribution in [-0.2, 0) is 9.53 Å². The summed E-state index contributed by atoms with van der Waals surface area (Å²) in [5.41, 5.74) is 0. The number of nitrogens with one attached hydrogen (secondary N) is 1. The quantitative estimate of drug-likeness (QED) is 0.396. The summed E-state index contributed by atoms with van der Waals surface area (Å²) in [6.45, 7) is 1.82. The lowest BCUT2D eigenvalue weighted by molar-refractivity contribution is -0.137. The first-order valence-electron chi connectivity index (χ1n) is 3.46. The monoisotopic (exact) mass is 168 g/mol. The Morgan fingerprint density at radius 3 is 2.92 bits per heavy atom. The van der Waals surface area contributed by atoms with E-state index in [2.05, 4.69) is 14.7 Å². The number of carbonyl (C=O) groups is 2. The highest BCUT2D eigenvalue weighted by Gasteiger charge is 2.18. The van der Waals surface area contributed by atoms with Crippen molar-refractivity contribution in [2.45, 2.75) is 6.92 Å². The number of hydrogen-bond donors (Lipinski definition) is 1. The average molecular weight is 168 g/mol. The molecule has 0 aliphatic carbocycles. The van der Waals surface area contributed by atoms with Gasteiger partial charge >= 0.3 is 11.8 Å². The zero-order valence-electron chi connectivity index (χ0n) is 6.53. The number of imidazole rings is 1. The minimum atomic E-state index is -0.882. The summed E-state index contributed by atoms with van der Waals surface area (Å²) < 4.78 is 4.48. The summed E-state index contributed by atoms with van der Waals surface area (Å²) >= 11 is 0. The highest BCUT2D eigenvalue weighted by molar-refractivity contribution is 6.39. The van der Waals surface area contributed by atoms with Crippen LogP contribution in [0.25, 0.3) is 0 Å². The van der Waals surface area contributed by atoms with Gasteiger partial charge in [-0.25, -0.2) is 9.78 Å². The van der Waals surface area contributed by atoms with Gasteiger partial charge in [0.25, 0.3) is 0 Å². The van der Waals surface area contributed by atoms with Crippen LogP contribution >= 0.6 is 0 Å². The summed E-state index contributed by atoms with van der Waals surface area (Å²) in [7, 11) is 0. The van der Waals surface area contributed by atoms with Gasteiger partial charge in [-0.05, 0) is 6.92 Å². The van der Waals surface area contributed by atoms with Gasteiger partial charge in [0.05, 0.1) is 6.61 Å². The number of carbonyl (C=O) groups excluding carboxylic acids is 2. The Balaban J connectivity index is 2.66. The fourth-order valence-electron chi connectivity index (χ4n) is 0.683. The number of aromatic amines is 1. The molecule has 1 aromatic rings. The Hall–Kier alpha value is -1.65. The molecule has 0 saturated heterocycles. The molecule has 0 aliphatic rings. The van der Waals surface area contributed by atoms with E-state index in [1.165, 1.54) is 12.4 Å². The Bertz CT molecular complexity index is 279. The molecule has 12 heavy (non-hydrogen) atoms. The average Bonchev–Trinajstić information content (AvgIpc) is 2.55. The van der Waals surface area contributed by atoms with Crippen LogP contribution < -0.4 is 0 Å². The maximum atomic E-state index is 11.0. The molecular formula is C7H8N2O3. The van der Waals surface area contributed by atoms with Crippen molar-refractivity contribution in [1.82, 2.24) is 9.97 Å². The molecule has 1 aromatic heterocycles. The number of ether oxygens (including phenoxy) is 1. The summed E-state index contributed by atoms with van der Waals surface area (Å²) in [5, 5.41) is 0. The van der Waals surface area contributed by atoms with Crippen molar-refractivity contribution in [2.24, 2.45) is 0 Å². The van der Waals surface area contributed by atoms with Gasteiger partial charge in [0.1, 0.15) is 0 Å². The highest BCUT2D eigenvalue weighted by atomic mass is 16.5. The molecule has 0 atom stereocenters. The third-order valence-corrected chi connectivity index (χ3v) is 1.17. The molecule has 0 radical (unpaired) electrons. The van der Waals surface area contributed by atoms with Crippen LogP contribution in [0.1, 0.15) is 17.5 Å². The normalized spacial score (nSPS) is 9.42. The van der Waals surface area contributed by atoms with Gasteiger partial charge in [0, 0.05) is 12.4 Å². The smallest absolute Gasteiger partial charge is 0.383 e. The second kappa shape index (κ2) is 3.66. The molecule has 0 unspecified atom stereocenters. The van der Waals surface area contributed by atoms with Crippen molar-refractivity contribution in [3.05, 3.63) is 18.2 Å². The largest absolute Gasteiger partial charge is 0.460 e. The van der Waals surface area contributed by atoms with E-state index in [1.807, 2.05) is 0 Å². The summed E-state index contributed by atoms with van der Waals surface area (Å²) in [6, 6.07) is 0. The van der Waals surface area contributed by atoms with E-state index < -0.39 is 11.8 Å². The van der Waals surface area contributed by atoms with E-state index in [0.717, 1.165) is 0 Å². The molecule has 1 rings (SSSR count). The van der Waals surface area contributed by atoms with Crippen molar-refractivity contribution in [2.75, 3.05) is 6.61 Å². The summed E-state index contributed by atoms with van der Waals surface area (Å²) in [6.07, 6.45) is 2.86. The molecule has 0 spiro atoms. The number of aromatic nitrogens is 2. The maximum Gasteiger partial charge on any atom is 0.383 e. The van der Waals surface area contributed by atoms with Crippen molar-refractivity contribution in [3.63, 3.8) is 0 Å². The predicted octanol–water partition coefficient (Wildman–Crippen LogP) is 0.156. The Labute approximate surface area is 68.8 Å². The number of ketones is 1. The lowest BCUT2D eigenvalue weighted by atomic mass is 10.4. The molecule has 1 heterocycles. The second-order valence-electron chi connectivity index (χ2n) is 1.99. The van der Waals surface area contributed by atoms with Gasteiger partial charge < -0.3 is 9.72 Å². The lowest BCUT2D eigenvalue weighted by Crippen LogP contribution is -2.18. The lowest BCUT2D eigenvalue weighted by Gasteiger charge is -1.96. The Kier molecular flexibility index (Phi) is 2.57. The highest BCUT2D eigenvalue weighted by Crippen LogP contribution is 1.93. The standard InChI is InChI=1S/C7H8N2O3/c1-2-12-7(11)5(10)6-8-3-4-9-6/h3-4H,2H2,1H3,(H,8,9). The van der Waals surface area contributed by atoms with Gasteiger partial charge in [-0.15, -0.1) is 0 Å². The minimum absolute atomic E-state index is 0.00782. The second-order valence-corrected chi connectivity index (χ2v) is 1.99. The zero-order chi connectivity index (χ0) is 8.97. The van der Waals surface area contributed by atoms with Crippen molar-refractivity contribution < 1.29 is 14.3 Å². The molecule has 64 valence electrons. The molecule has 0 aliphatic heterocycles. The van der Waals surface area contributed by atoms with Crippen molar-refractivity contribution in [3.8, 4) is 0 Å². The minimum Gasteiger partial charge on any atom is -0.460 e.